The molecule has 1 aliphatic carbocycles. The third-order valence-electron chi connectivity index (χ3n) is 4.67. The van der Waals surface area contributed by atoms with Gasteiger partial charge in [0.2, 0.25) is 0 Å². The zero-order valence-electron chi connectivity index (χ0n) is 15.5. The second kappa shape index (κ2) is 8.49. The van der Waals surface area contributed by atoms with Crippen molar-refractivity contribution >= 4 is 5.71 Å². The number of allylic oxidation sites excluding steroid dienone is 3. The van der Waals surface area contributed by atoms with Gasteiger partial charge in [-0.05, 0) is 57.3 Å². The molecular weight excluding hydrogens is 284 g/mol. The van der Waals surface area contributed by atoms with Gasteiger partial charge in [-0.2, -0.15) is 0 Å². The van der Waals surface area contributed by atoms with E-state index >= 15 is 0 Å². The minimum atomic E-state index is 0.401. The SMILES string of the molecule is C/C=C1/C(CN2CCCCC2)=CC(OC)=C(C(C)C)C1=NCC. The molecule has 2 rings (SSSR count). The Kier molecular flexibility index (Phi) is 6.64. The number of ether oxygens (including phenoxy) is 1. The Bertz CT molecular complexity index is 532. The van der Waals surface area contributed by atoms with Gasteiger partial charge in [0.1, 0.15) is 5.76 Å². The maximum absolute atomic E-state index is 5.73. The molecule has 1 heterocycles. The summed E-state index contributed by atoms with van der Waals surface area (Å²) in [5, 5.41) is 0. The Balaban J connectivity index is 2.41. The minimum absolute atomic E-state index is 0.401. The number of piperidine rings is 1. The molecule has 3 heteroatoms. The lowest BCUT2D eigenvalue weighted by Gasteiger charge is -2.31. The molecule has 0 saturated carbocycles. The number of hydrogen-bond donors (Lipinski definition) is 0. The molecule has 2 aliphatic rings. The normalized spacial score (nSPS) is 23.8. The molecular formula is C20H32N2O. The van der Waals surface area contributed by atoms with Crippen LogP contribution in [0.15, 0.2) is 39.6 Å². The molecule has 0 unspecified atom stereocenters. The number of methoxy groups -OCH3 is 1. The summed E-state index contributed by atoms with van der Waals surface area (Å²) < 4.78 is 5.73. The van der Waals surface area contributed by atoms with Crippen LogP contribution in [-0.4, -0.2) is 43.9 Å². The lowest BCUT2D eigenvalue weighted by Crippen LogP contribution is -2.33. The first-order valence-electron chi connectivity index (χ1n) is 9.05. The number of nitrogens with zero attached hydrogens (tertiary/aromatic N) is 2. The summed E-state index contributed by atoms with van der Waals surface area (Å²) in [4.78, 5) is 7.40. The summed E-state index contributed by atoms with van der Waals surface area (Å²) in [6.45, 7) is 12.9. The van der Waals surface area contributed by atoms with Crippen LogP contribution in [-0.2, 0) is 4.74 Å². The van der Waals surface area contributed by atoms with Gasteiger partial charge in [0.15, 0.2) is 0 Å². The number of hydrogen-bond acceptors (Lipinski definition) is 3. The van der Waals surface area contributed by atoms with Crippen LogP contribution in [0.25, 0.3) is 0 Å². The zero-order valence-corrected chi connectivity index (χ0v) is 15.5. The van der Waals surface area contributed by atoms with Crippen LogP contribution in [0.1, 0.15) is 47.0 Å². The Labute approximate surface area is 141 Å². The van der Waals surface area contributed by atoms with Crippen molar-refractivity contribution in [2.75, 3.05) is 33.3 Å². The van der Waals surface area contributed by atoms with Gasteiger partial charge in [-0.3, -0.25) is 9.89 Å². The van der Waals surface area contributed by atoms with E-state index in [1.165, 1.54) is 49.1 Å². The van der Waals surface area contributed by atoms with Crippen molar-refractivity contribution in [3.63, 3.8) is 0 Å². The van der Waals surface area contributed by atoms with E-state index in [-0.39, 0.29) is 0 Å². The van der Waals surface area contributed by atoms with Crippen molar-refractivity contribution in [2.24, 2.45) is 10.9 Å². The third-order valence-corrected chi connectivity index (χ3v) is 4.67. The van der Waals surface area contributed by atoms with E-state index in [9.17, 15) is 0 Å². The largest absolute Gasteiger partial charge is 0.496 e. The first-order chi connectivity index (χ1) is 11.1. The van der Waals surface area contributed by atoms with Crippen molar-refractivity contribution in [2.45, 2.75) is 47.0 Å². The van der Waals surface area contributed by atoms with Crippen LogP contribution < -0.4 is 0 Å². The van der Waals surface area contributed by atoms with E-state index in [0.29, 0.717) is 5.92 Å². The zero-order chi connectivity index (χ0) is 16.8. The Morgan fingerprint density at radius 3 is 2.48 bits per heavy atom. The van der Waals surface area contributed by atoms with Crippen LogP contribution in [0.5, 0.6) is 0 Å². The fourth-order valence-corrected chi connectivity index (χ4v) is 3.59. The van der Waals surface area contributed by atoms with E-state index in [1.807, 2.05) is 0 Å². The fourth-order valence-electron chi connectivity index (χ4n) is 3.59. The summed E-state index contributed by atoms with van der Waals surface area (Å²) in [5.74, 6) is 1.39. The molecule has 0 aromatic heterocycles. The Morgan fingerprint density at radius 2 is 1.96 bits per heavy atom. The molecule has 128 valence electrons. The Morgan fingerprint density at radius 1 is 1.26 bits per heavy atom. The topological polar surface area (TPSA) is 24.8 Å². The molecule has 0 bridgehead atoms. The van der Waals surface area contributed by atoms with Crippen LogP contribution in [0, 0.1) is 5.92 Å². The second-order valence-electron chi connectivity index (χ2n) is 6.67. The van der Waals surface area contributed by atoms with Crippen LogP contribution in [0.4, 0.5) is 0 Å². The average molecular weight is 316 g/mol. The number of likely N-dealkylation sites (tertiary alicyclic amines) is 1. The molecule has 3 nitrogen and oxygen atoms in total. The standard InChI is InChI=1S/C20H32N2O/c1-6-17-16(14-22-11-9-8-10-12-22)13-18(23-5)19(15(3)4)20(17)21-7-2/h6,13,15H,7-12,14H2,1-5H3/b17-6-,21-20?. The van der Waals surface area contributed by atoms with Crippen LogP contribution in [0.3, 0.4) is 0 Å². The summed E-state index contributed by atoms with van der Waals surface area (Å²) in [6.07, 6.45) is 8.47. The summed E-state index contributed by atoms with van der Waals surface area (Å²) in [6, 6.07) is 0. The summed E-state index contributed by atoms with van der Waals surface area (Å²) in [5.41, 5.74) is 5.02. The summed E-state index contributed by atoms with van der Waals surface area (Å²) in [7, 11) is 1.77. The highest BCUT2D eigenvalue weighted by Gasteiger charge is 2.27. The van der Waals surface area contributed by atoms with E-state index in [2.05, 4.69) is 44.7 Å². The van der Waals surface area contributed by atoms with Gasteiger partial charge >= 0.3 is 0 Å². The highest BCUT2D eigenvalue weighted by Crippen LogP contribution is 2.32. The smallest absolute Gasteiger partial charge is 0.124 e. The van der Waals surface area contributed by atoms with E-state index in [4.69, 9.17) is 9.73 Å². The molecule has 0 aromatic carbocycles. The van der Waals surface area contributed by atoms with Crippen molar-refractivity contribution in [3.8, 4) is 0 Å². The monoisotopic (exact) mass is 316 g/mol. The lowest BCUT2D eigenvalue weighted by atomic mass is 9.83. The van der Waals surface area contributed by atoms with E-state index in [0.717, 1.165) is 24.6 Å². The van der Waals surface area contributed by atoms with Crippen molar-refractivity contribution in [1.29, 1.82) is 0 Å². The molecule has 0 spiro atoms. The maximum Gasteiger partial charge on any atom is 0.124 e. The molecule has 23 heavy (non-hydrogen) atoms. The van der Waals surface area contributed by atoms with Gasteiger partial charge in [0, 0.05) is 24.2 Å². The maximum atomic E-state index is 5.73. The quantitative estimate of drug-likeness (QED) is 0.752. The van der Waals surface area contributed by atoms with Gasteiger partial charge in [0.05, 0.1) is 12.8 Å². The highest BCUT2D eigenvalue weighted by molar-refractivity contribution is 6.17. The summed E-state index contributed by atoms with van der Waals surface area (Å²) >= 11 is 0. The van der Waals surface area contributed by atoms with E-state index < -0.39 is 0 Å². The molecule has 1 aliphatic heterocycles. The number of aliphatic imine (C=N–C) groups is 1. The van der Waals surface area contributed by atoms with Gasteiger partial charge in [-0.15, -0.1) is 0 Å². The Hall–Kier alpha value is -1.35. The number of rotatable bonds is 5. The van der Waals surface area contributed by atoms with Crippen molar-refractivity contribution in [3.05, 3.63) is 34.6 Å². The minimum Gasteiger partial charge on any atom is -0.496 e. The highest BCUT2D eigenvalue weighted by atomic mass is 16.5. The fraction of sp³-hybridized carbons (Fsp3) is 0.650. The molecule has 0 amide bonds. The first-order valence-corrected chi connectivity index (χ1v) is 9.05. The van der Waals surface area contributed by atoms with Crippen LogP contribution >= 0.6 is 0 Å². The predicted molar refractivity (Wildman–Crippen MR) is 99.0 cm³/mol. The molecule has 1 fully saturated rings. The van der Waals surface area contributed by atoms with Gasteiger partial charge in [0.25, 0.3) is 0 Å². The van der Waals surface area contributed by atoms with Crippen molar-refractivity contribution in [1.82, 2.24) is 4.90 Å². The van der Waals surface area contributed by atoms with Gasteiger partial charge in [-0.1, -0.05) is 26.3 Å². The molecule has 0 atom stereocenters. The molecule has 0 N–H and O–H groups in total. The first kappa shape index (κ1) is 18.0. The average Bonchev–Trinajstić information content (AvgIpc) is 2.55. The molecule has 1 saturated heterocycles. The third kappa shape index (κ3) is 4.14. The molecule has 0 aromatic rings. The predicted octanol–water partition coefficient (Wildman–Crippen LogP) is 4.38. The van der Waals surface area contributed by atoms with E-state index in [1.54, 1.807) is 7.11 Å². The van der Waals surface area contributed by atoms with Gasteiger partial charge < -0.3 is 4.74 Å². The second-order valence-corrected chi connectivity index (χ2v) is 6.67. The lowest BCUT2D eigenvalue weighted by molar-refractivity contribution is 0.246. The van der Waals surface area contributed by atoms with Crippen LogP contribution in [0.2, 0.25) is 0 Å². The van der Waals surface area contributed by atoms with Crippen molar-refractivity contribution < 1.29 is 4.74 Å². The van der Waals surface area contributed by atoms with Gasteiger partial charge in [-0.25, -0.2) is 0 Å². The molecule has 0 radical (unpaired) electrons.